The van der Waals surface area contributed by atoms with Gasteiger partial charge in [0, 0.05) is 13.8 Å². The molecule has 0 saturated carbocycles. The maximum absolute atomic E-state index is 11.9. The lowest BCUT2D eigenvalue weighted by atomic mass is 9.86. The summed E-state index contributed by atoms with van der Waals surface area (Å²) in [7, 11) is 0. The minimum Gasteiger partial charge on any atom is -0.508 e. The van der Waals surface area contributed by atoms with E-state index in [-0.39, 0.29) is 16.7 Å². The Morgan fingerprint density at radius 2 is 1.64 bits per heavy atom. The third-order valence-corrected chi connectivity index (χ3v) is 3.26. The number of phenolic OH excluding ortho intramolecular Hbond substituents is 1. The van der Waals surface area contributed by atoms with Crippen molar-refractivity contribution in [2.75, 3.05) is 0 Å². The Morgan fingerprint density at radius 1 is 1.09 bits per heavy atom. The van der Waals surface area contributed by atoms with Crippen molar-refractivity contribution in [2.45, 2.75) is 45.8 Å². The van der Waals surface area contributed by atoms with E-state index in [9.17, 15) is 14.7 Å². The average Bonchev–Trinajstić information content (AvgIpc) is 2.31. The van der Waals surface area contributed by atoms with Gasteiger partial charge in [0.1, 0.15) is 11.3 Å². The summed E-state index contributed by atoms with van der Waals surface area (Å²) < 4.78 is 10.0. The van der Waals surface area contributed by atoms with Crippen LogP contribution in [0.1, 0.15) is 45.7 Å². The zero-order valence-electron chi connectivity index (χ0n) is 13.4. The Bertz CT molecular complexity index is 640. The highest BCUT2D eigenvalue weighted by Crippen LogP contribution is 2.32. The molecule has 22 heavy (non-hydrogen) atoms. The number of benzene rings is 1. The molecule has 1 heterocycles. The van der Waals surface area contributed by atoms with E-state index in [1.54, 1.807) is 12.1 Å². The average molecular weight is 304 g/mol. The van der Waals surface area contributed by atoms with Gasteiger partial charge in [0.15, 0.2) is 0 Å². The fourth-order valence-electron chi connectivity index (χ4n) is 2.22. The molecule has 0 unspecified atom stereocenters. The van der Waals surface area contributed by atoms with Gasteiger partial charge in [-0.1, -0.05) is 32.9 Å². The van der Waals surface area contributed by atoms with E-state index in [2.05, 4.69) is 0 Å². The Hall–Kier alpha value is -2.30. The summed E-state index contributed by atoms with van der Waals surface area (Å²) in [5, 5.41) is 10.1. The SMILES string of the molecule is CC1(C)OC(=O)C(=Cc2ccc(C(C)(C)C)c(O)c2)C(=O)O1. The van der Waals surface area contributed by atoms with Crippen molar-refractivity contribution in [3.05, 3.63) is 34.9 Å². The number of phenols is 1. The van der Waals surface area contributed by atoms with Gasteiger partial charge >= 0.3 is 11.9 Å². The molecule has 1 aliphatic rings. The minimum atomic E-state index is -1.26. The van der Waals surface area contributed by atoms with E-state index >= 15 is 0 Å². The number of carbonyl (C=O) groups excluding carboxylic acids is 2. The molecule has 1 N–H and O–H groups in total. The zero-order chi connectivity index (χ0) is 16.7. The van der Waals surface area contributed by atoms with Gasteiger partial charge < -0.3 is 14.6 Å². The lowest BCUT2D eigenvalue weighted by molar-refractivity contribution is -0.222. The van der Waals surface area contributed by atoms with Crippen molar-refractivity contribution in [1.29, 1.82) is 0 Å². The van der Waals surface area contributed by atoms with E-state index in [1.807, 2.05) is 20.8 Å². The number of aromatic hydroxyl groups is 1. The molecule has 2 rings (SSSR count). The second-order valence-corrected chi connectivity index (χ2v) is 6.76. The second kappa shape index (κ2) is 5.16. The van der Waals surface area contributed by atoms with Gasteiger partial charge in [-0.05, 0) is 28.7 Å². The summed E-state index contributed by atoms with van der Waals surface area (Å²) in [6.07, 6.45) is 1.35. The van der Waals surface area contributed by atoms with E-state index in [1.165, 1.54) is 26.0 Å². The van der Waals surface area contributed by atoms with Crippen LogP contribution in [0.4, 0.5) is 0 Å². The first kappa shape index (κ1) is 16.1. The third-order valence-electron chi connectivity index (χ3n) is 3.26. The van der Waals surface area contributed by atoms with Crippen molar-refractivity contribution in [1.82, 2.24) is 0 Å². The lowest BCUT2D eigenvalue weighted by Gasteiger charge is -2.29. The first-order valence-corrected chi connectivity index (χ1v) is 7.01. The largest absolute Gasteiger partial charge is 0.508 e. The van der Waals surface area contributed by atoms with Gasteiger partial charge in [0.2, 0.25) is 0 Å². The van der Waals surface area contributed by atoms with Gasteiger partial charge in [0.05, 0.1) is 0 Å². The molecular weight excluding hydrogens is 284 g/mol. The molecule has 1 aromatic rings. The first-order chi connectivity index (χ1) is 9.99. The Morgan fingerprint density at radius 3 is 2.09 bits per heavy atom. The maximum atomic E-state index is 11.9. The summed E-state index contributed by atoms with van der Waals surface area (Å²) in [6, 6.07) is 5.01. The molecule has 118 valence electrons. The minimum absolute atomic E-state index is 0.111. The van der Waals surface area contributed by atoms with Crippen LogP contribution >= 0.6 is 0 Å². The quantitative estimate of drug-likeness (QED) is 0.490. The summed E-state index contributed by atoms with van der Waals surface area (Å²) in [5.74, 6) is -2.62. The van der Waals surface area contributed by atoms with Crippen LogP contribution in [0.15, 0.2) is 23.8 Å². The lowest BCUT2D eigenvalue weighted by Crippen LogP contribution is -2.41. The molecule has 1 aliphatic heterocycles. The van der Waals surface area contributed by atoms with Crippen LogP contribution in [-0.2, 0) is 24.5 Å². The highest BCUT2D eigenvalue weighted by Gasteiger charge is 2.38. The third kappa shape index (κ3) is 3.30. The van der Waals surface area contributed by atoms with Crippen LogP contribution in [0.5, 0.6) is 5.75 Å². The van der Waals surface area contributed by atoms with Crippen LogP contribution in [0, 0.1) is 0 Å². The molecule has 1 fully saturated rings. The van der Waals surface area contributed by atoms with Gasteiger partial charge in [-0.2, -0.15) is 0 Å². The van der Waals surface area contributed by atoms with Crippen molar-refractivity contribution >= 4 is 18.0 Å². The molecule has 0 amide bonds. The zero-order valence-corrected chi connectivity index (χ0v) is 13.4. The Balaban J connectivity index is 2.36. The predicted octanol–water partition coefficient (Wildman–Crippen LogP) is 2.91. The van der Waals surface area contributed by atoms with Crippen molar-refractivity contribution in [2.24, 2.45) is 0 Å². The van der Waals surface area contributed by atoms with E-state index < -0.39 is 17.7 Å². The highest BCUT2D eigenvalue weighted by molar-refractivity contribution is 6.18. The summed E-state index contributed by atoms with van der Waals surface area (Å²) >= 11 is 0. The molecule has 0 atom stereocenters. The summed E-state index contributed by atoms with van der Waals surface area (Å²) in [4.78, 5) is 23.8. The number of hydrogen-bond donors (Lipinski definition) is 1. The first-order valence-electron chi connectivity index (χ1n) is 7.01. The number of rotatable bonds is 1. The summed E-state index contributed by atoms with van der Waals surface area (Å²) in [6.45, 7) is 8.93. The topological polar surface area (TPSA) is 72.8 Å². The molecule has 0 aromatic heterocycles. The highest BCUT2D eigenvalue weighted by atomic mass is 16.7. The van der Waals surface area contributed by atoms with Crippen molar-refractivity contribution in [3.63, 3.8) is 0 Å². The molecule has 5 nitrogen and oxygen atoms in total. The number of ether oxygens (including phenoxy) is 2. The summed E-state index contributed by atoms with van der Waals surface area (Å²) in [5.41, 5.74) is 0.906. The van der Waals surface area contributed by atoms with E-state index in [4.69, 9.17) is 9.47 Å². The second-order valence-electron chi connectivity index (χ2n) is 6.76. The fraction of sp³-hybridized carbons (Fsp3) is 0.412. The number of esters is 2. The molecule has 0 bridgehead atoms. The molecule has 0 radical (unpaired) electrons. The van der Waals surface area contributed by atoms with Gasteiger partial charge in [-0.3, -0.25) is 0 Å². The smallest absolute Gasteiger partial charge is 0.348 e. The van der Waals surface area contributed by atoms with Crippen LogP contribution < -0.4 is 0 Å². The molecule has 0 aliphatic carbocycles. The maximum Gasteiger partial charge on any atom is 0.348 e. The standard InChI is InChI=1S/C17H20O5/c1-16(2,3)12-7-6-10(9-13(12)18)8-11-14(19)21-17(4,5)22-15(11)20/h6-9,18H,1-5H3. The normalized spacial score (nSPS) is 17.8. The predicted molar refractivity (Wildman–Crippen MR) is 81.0 cm³/mol. The van der Waals surface area contributed by atoms with Gasteiger partial charge in [-0.15, -0.1) is 0 Å². The Kier molecular flexibility index (Phi) is 3.77. The van der Waals surface area contributed by atoms with E-state index in [0.717, 1.165) is 5.56 Å². The van der Waals surface area contributed by atoms with Crippen molar-refractivity contribution < 1.29 is 24.2 Å². The van der Waals surface area contributed by atoms with Crippen LogP contribution in [0.2, 0.25) is 0 Å². The van der Waals surface area contributed by atoms with E-state index in [0.29, 0.717) is 5.56 Å². The van der Waals surface area contributed by atoms with Gasteiger partial charge in [-0.25, -0.2) is 9.59 Å². The van der Waals surface area contributed by atoms with Crippen LogP contribution in [0.25, 0.3) is 6.08 Å². The molecule has 0 spiro atoms. The number of cyclic esters (lactones) is 2. The number of hydrogen-bond acceptors (Lipinski definition) is 5. The van der Waals surface area contributed by atoms with Gasteiger partial charge in [0.25, 0.3) is 5.79 Å². The monoisotopic (exact) mass is 304 g/mol. The molecule has 5 heteroatoms. The fourth-order valence-corrected chi connectivity index (χ4v) is 2.22. The molecule has 1 aromatic carbocycles. The van der Waals surface area contributed by atoms with Crippen molar-refractivity contribution in [3.8, 4) is 5.75 Å². The van der Waals surface area contributed by atoms with Crippen LogP contribution in [0.3, 0.4) is 0 Å². The molecule has 1 saturated heterocycles. The van der Waals surface area contributed by atoms with Crippen LogP contribution in [-0.4, -0.2) is 22.8 Å². The Labute approximate surface area is 129 Å². The molecular formula is C17H20O5. The number of carbonyl (C=O) groups is 2.